The maximum Gasteiger partial charge on any atom is 0.119 e. The van der Waals surface area contributed by atoms with Gasteiger partial charge in [-0.15, -0.1) is 0 Å². The molecule has 0 fully saturated rings. The molecular weight excluding hydrogens is 272 g/mol. The minimum absolute atomic E-state index is 0.0102. The zero-order valence-corrected chi connectivity index (χ0v) is 12.9. The van der Waals surface area contributed by atoms with E-state index in [-0.39, 0.29) is 5.92 Å². The molecule has 112 valence electrons. The SMILES string of the molecule is Cc1ccc(O)c(C(Cc2ccccc2)c2ccc(C)o2)c1. The van der Waals surface area contributed by atoms with Crippen LogP contribution in [0.25, 0.3) is 0 Å². The van der Waals surface area contributed by atoms with E-state index in [1.165, 1.54) is 5.56 Å². The zero-order valence-electron chi connectivity index (χ0n) is 12.9. The molecule has 1 aromatic heterocycles. The second kappa shape index (κ2) is 6.10. The van der Waals surface area contributed by atoms with Gasteiger partial charge in [0, 0.05) is 11.5 Å². The van der Waals surface area contributed by atoms with Gasteiger partial charge in [-0.3, -0.25) is 0 Å². The minimum Gasteiger partial charge on any atom is -0.508 e. The quantitative estimate of drug-likeness (QED) is 0.736. The van der Waals surface area contributed by atoms with E-state index >= 15 is 0 Å². The number of furan rings is 1. The van der Waals surface area contributed by atoms with Crippen LogP contribution in [0.1, 0.15) is 34.1 Å². The van der Waals surface area contributed by atoms with E-state index < -0.39 is 0 Å². The highest BCUT2D eigenvalue weighted by Crippen LogP contribution is 2.35. The molecule has 1 atom stereocenters. The van der Waals surface area contributed by atoms with Gasteiger partial charge in [0.05, 0.1) is 0 Å². The van der Waals surface area contributed by atoms with E-state index in [9.17, 15) is 5.11 Å². The van der Waals surface area contributed by atoms with Crippen molar-refractivity contribution in [1.82, 2.24) is 0 Å². The summed E-state index contributed by atoms with van der Waals surface area (Å²) in [5.41, 5.74) is 3.27. The summed E-state index contributed by atoms with van der Waals surface area (Å²) in [5.74, 6) is 2.11. The highest BCUT2D eigenvalue weighted by molar-refractivity contribution is 5.43. The highest BCUT2D eigenvalue weighted by Gasteiger charge is 2.21. The Morgan fingerprint density at radius 1 is 0.955 bits per heavy atom. The number of rotatable bonds is 4. The first-order valence-electron chi connectivity index (χ1n) is 7.53. The Bertz CT molecular complexity index is 756. The van der Waals surface area contributed by atoms with Crippen LogP contribution in [-0.2, 0) is 6.42 Å². The van der Waals surface area contributed by atoms with Gasteiger partial charge in [-0.05, 0) is 44.0 Å². The standard InChI is InChI=1S/C20H20O2/c1-14-8-10-19(21)17(12-14)18(20-11-9-15(2)22-20)13-16-6-4-3-5-7-16/h3-12,18,21H,13H2,1-2H3. The molecule has 0 saturated heterocycles. The number of aromatic hydroxyl groups is 1. The van der Waals surface area contributed by atoms with Gasteiger partial charge in [-0.25, -0.2) is 0 Å². The van der Waals surface area contributed by atoms with Crippen molar-refractivity contribution < 1.29 is 9.52 Å². The van der Waals surface area contributed by atoms with E-state index in [2.05, 4.69) is 12.1 Å². The monoisotopic (exact) mass is 292 g/mol. The molecular formula is C20H20O2. The van der Waals surface area contributed by atoms with Gasteiger partial charge in [0.1, 0.15) is 17.3 Å². The third kappa shape index (κ3) is 3.06. The van der Waals surface area contributed by atoms with Gasteiger partial charge < -0.3 is 9.52 Å². The summed E-state index contributed by atoms with van der Waals surface area (Å²) in [7, 11) is 0. The Labute approximate surface area is 131 Å². The summed E-state index contributed by atoms with van der Waals surface area (Å²) in [6.45, 7) is 3.98. The van der Waals surface area contributed by atoms with Crippen molar-refractivity contribution in [2.75, 3.05) is 0 Å². The molecule has 2 aromatic carbocycles. The van der Waals surface area contributed by atoms with E-state index in [1.807, 2.05) is 56.3 Å². The maximum absolute atomic E-state index is 10.3. The van der Waals surface area contributed by atoms with E-state index in [4.69, 9.17) is 4.42 Å². The number of aryl methyl sites for hydroxylation is 2. The summed E-state index contributed by atoms with van der Waals surface area (Å²) in [5, 5.41) is 10.3. The fourth-order valence-electron chi connectivity index (χ4n) is 2.81. The van der Waals surface area contributed by atoms with Crippen LogP contribution in [0.3, 0.4) is 0 Å². The molecule has 0 aliphatic rings. The van der Waals surface area contributed by atoms with Crippen LogP contribution in [-0.4, -0.2) is 5.11 Å². The summed E-state index contributed by atoms with van der Waals surface area (Å²) in [6, 6.07) is 20.0. The first-order valence-corrected chi connectivity index (χ1v) is 7.53. The molecule has 2 heteroatoms. The van der Waals surface area contributed by atoms with Gasteiger partial charge in [-0.2, -0.15) is 0 Å². The van der Waals surface area contributed by atoms with Gasteiger partial charge in [0.2, 0.25) is 0 Å². The third-order valence-corrected chi connectivity index (χ3v) is 3.95. The molecule has 0 bridgehead atoms. The largest absolute Gasteiger partial charge is 0.508 e. The second-order valence-corrected chi connectivity index (χ2v) is 5.75. The molecule has 3 aromatic rings. The summed E-state index contributed by atoms with van der Waals surface area (Å²) in [6.07, 6.45) is 0.796. The van der Waals surface area contributed by atoms with Crippen molar-refractivity contribution in [3.05, 3.63) is 88.9 Å². The zero-order chi connectivity index (χ0) is 15.5. The third-order valence-electron chi connectivity index (χ3n) is 3.95. The maximum atomic E-state index is 10.3. The Hall–Kier alpha value is -2.48. The lowest BCUT2D eigenvalue weighted by atomic mass is 9.88. The topological polar surface area (TPSA) is 33.4 Å². The van der Waals surface area contributed by atoms with Crippen molar-refractivity contribution >= 4 is 0 Å². The summed E-state index contributed by atoms with van der Waals surface area (Å²) >= 11 is 0. The average Bonchev–Trinajstić information content (AvgIpc) is 2.95. The predicted molar refractivity (Wildman–Crippen MR) is 88.3 cm³/mol. The highest BCUT2D eigenvalue weighted by atomic mass is 16.3. The molecule has 0 saturated carbocycles. The molecule has 1 unspecified atom stereocenters. The van der Waals surface area contributed by atoms with Crippen molar-refractivity contribution in [3.8, 4) is 5.75 Å². The molecule has 0 aliphatic carbocycles. The predicted octanol–water partition coefficient (Wildman–Crippen LogP) is 4.98. The van der Waals surface area contributed by atoms with Crippen LogP contribution >= 0.6 is 0 Å². The fourth-order valence-corrected chi connectivity index (χ4v) is 2.81. The van der Waals surface area contributed by atoms with Gasteiger partial charge in [-0.1, -0.05) is 48.0 Å². The molecule has 0 amide bonds. The first-order chi connectivity index (χ1) is 10.6. The van der Waals surface area contributed by atoms with Crippen LogP contribution in [0.5, 0.6) is 5.75 Å². The number of hydrogen-bond donors (Lipinski definition) is 1. The molecule has 3 rings (SSSR count). The van der Waals surface area contributed by atoms with E-state index in [0.717, 1.165) is 29.1 Å². The summed E-state index contributed by atoms with van der Waals surface area (Å²) < 4.78 is 5.86. The molecule has 22 heavy (non-hydrogen) atoms. The van der Waals surface area contributed by atoms with Gasteiger partial charge >= 0.3 is 0 Å². The first kappa shape index (κ1) is 14.5. The minimum atomic E-state index is 0.0102. The van der Waals surface area contributed by atoms with Crippen LogP contribution < -0.4 is 0 Å². The molecule has 1 N–H and O–H groups in total. The number of benzene rings is 2. The van der Waals surface area contributed by atoms with Crippen molar-refractivity contribution in [3.63, 3.8) is 0 Å². The molecule has 0 spiro atoms. The van der Waals surface area contributed by atoms with Crippen LogP contribution in [0, 0.1) is 13.8 Å². The van der Waals surface area contributed by atoms with Crippen molar-refractivity contribution in [2.24, 2.45) is 0 Å². The Morgan fingerprint density at radius 2 is 1.73 bits per heavy atom. The molecule has 0 aliphatic heterocycles. The van der Waals surface area contributed by atoms with Gasteiger partial charge in [0.25, 0.3) is 0 Å². The van der Waals surface area contributed by atoms with Crippen molar-refractivity contribution in [1.29, 1.82) is 0 Å². The van der Waals surface area contributed by atoms with Crippen LogP contribution in [0.2, 0.25) is 0 Å². The lowest BCUT2D eigenvalue weighted by Crippen LogP contribution is -2.05. The van der Waals surface area contributed by atoms with Crippen LogP contribution in [0.4, 0.5) is 0 Å². The Kier molecular flexibility index (Phi) is 4.01. The lowest BCUT2D eigenvalue weighted by molar-refractivity contribution is 0.437. The molecule has 2 nitrogen and oxygen atoms in total. The van der Waals surface area contributed by atoms with Gasteiger partial charge in [0.15, 0.2) is 0 Å². The Morgan fingerprint density at radius 3 is 2.41 bits per heavy atom. The normalized spacial score (nSPS) is 12.3. The average molecular weight is 292 g/mol. The fraction of sp³-hybridized carbons (Fsp3) is 0.200. The Balaban J connectivity index is 2.04. The molecule has 0 radical (unpaired) electrons. The number of phenols is 1. The van der Waals surface area contributed by atoms with E-state index in [1.54, 1.807) is 6.07 Å². The van der Waals surface area contributed by atoms with Crippen LogP contribution in [0.15, 0.2) is 65.1 Å². The number of phenolic OH excluding ortho intramolecular Hbond substituents is 1. The summed E-state index contributed by atoms with van der Waals surface area (Å²) in [4.78, 5) is 0. The van der Waals surface area contributed by atoms with E-state index in [0.29, 0.717) is 5.75 Å². The molecule has 1 heterocycles. The second-order valence-electron chi connectivity index (χ2n) is 5.75. The number of hydrogen-bond acceptors (Lipinski definition) is 2. The lowest BCUT2D eigenvalue weighted by Gasteiger charge is -2.17. The van der Waals surface area contributed by atoms with Crippen molar-refractivity contribution in [2.45, 2.75) is 26.2 Å². The smallest absolute Gasteiger partial charge is 0.119 e.